The van der Waals surface area contributed by atoms with Gasteiger partial charge in [-0.3, -0.25) is 4.79 Å². The lowest BCUT2D eigenvalue weighted by atomic mass is 9.99. The van der Waals surface area contributed by atoms with Crippen molar-refractivity contribution in [2.24, 2.45) is 5.73 Å². The van der Waals surface area contributed by atoms with Crippen LogP contribution in [0, 0.1) is 0 Å². The fraction of sp³-hybridized carbons (Fsp3) is 0.955. The van der Waals surface area contributed by atoms with E-state index in [2.05, 4.69) is 0 Å². The Bertz CT molecular complexity index is 616. The van der Waals surface area contributed by atoms with E-state index in [4.69, 9.17) is 24.7 Å². The molecule has 10 atom stereocenters. The summed E-state index contributed by atoms with van der Waals surface area (Å²) in [5.74, 6) is -0.230. The van der Waals surface area contributed by atoms with Gasteiger partial charge in [0.2, 0.25) is 5.91 Å². The minimum atomic E-state index is -1.59. The van der Waals surface area contributed by atoms with Crippen LogP contribution in [0.5, 0.6) is 0 Å². The molecule has 0 aromatic carbocycles. The molecular weight excluding hydrogens is 500 g/mol. The minimum absolute atomic E-state index is 0.0305. The summed E-state index contributed by atoms with van der Waals surface area (Å²) >= 11 is 0. The third-order valence-corrected chi connectivity index (χ3v) is 6.43. The number of carbonyl (C=O) groups is 1. The lowest BCUT2D eigenvalue weighted by Gasteiger charge is -2.40. The van der Waals surface area contributed by atoms with Crippen molar-refractivity contribution < 1.29 is 64.6 Å². The molecule has 2 aliphatic heterocycles. The van der Waals surface area contributed by atoms with Gasteiger partial charge < -0.3 is 70.4 Å². The standard InChI is InChI=1S/C22H42N2O13/c23-5-3-1-2-4-14(27)24(6-8-34-21-19(32)17(30)15(28)12(10-25)36-21)7-9-35-22-20(33)18(31)16(29)13(11-26)37-22/h12-13,15-22,25-26,28-33H,1-11,23H2/t12-,13-,15-,16-,17+,18+,19+,20+,21+,22+/m1/s1. The molecule has 2 rings (SSSR count). The van der Waals surface area contributed by atoms with Crippen molar-refractivity contribution in [3.05, 3.63) is 0 Å². The summed E-state index contributed by atoms with van der Waals surface area (Å²) < 4.78 is 21.5. The molecule has 0 aromatic rings. The normalized spacial score (nSPS) is 36.5. The lowest BCUT2D eigenvalue weighted by molar-refractivity contribution is -0.303. The number of nitrogens with two attached hydrogens (primary N) is 1. The van der Waals surface area contributed by atoms with Crippen LogP contribution in [0.1, 0.15) is 25.7 Å². The first-order valence-corrected chi connectivity index (χ1v) is 12.5. The SMILES string of the molecule is NCCCCCC(=O)N(CCO[C@H]1O[C@H](CO)[C@@H](O)[C@H](O)[C@@H]1O)CCO[C@H]1O[C@H](CO)[C@@H](O)[C@H](O)[C@@H]1O. The first-order chi connectivity index (χ1) is 17.7. The molecule has 15 heteroatoms. The van der Waals surface area contributed by atoms with E-state index in [1.807, 2.05) is 0 Å². The fourth-order valence-electron chi connectivity index (χ4n) is 4.08. The molecule has 0 saturated carbocycles. The van der Waals surface area contributed by atoms with E-state index in [0.29, 0.717) is 13.0 Å². The Morgan fingerprint density at radius 1 is 0.703 bits per heavy atom. The summed E-state index contributed by atoms with van der Waals surface area (Å²) in [6.07, 6.45) is -12.0. The molecule has 37 heavy (non-hydrogen) atoms. The van der Waals surface area contributed by atoms with Crippen molar-refractivity contribution in [2.45, 2.75) is 87.1 Å². The van der Waals surface area contributed by atoms with Crippen LogP contribution < -0.4 is 5.73 Å². The highest BCUT2D eigenvalue weighted by Crippen LogP contribution is 2.23. The number of aliphatic hydroxyl groups is 8. The molecule has 2 fully saturated rings. The van der Waals surface area contributed by atoms with Gasteiger partial charge in [0.05, 0.1) is 26.4 Å². The average Bonchev–Trinajstić information content (AvgIpc) is 2.89. The summed E-state index contributed by atoms with van der Waals surface area (Å²) in [6.45, 7) is -0.890. The largest absolute Gasteiger partial charge is 0.394 e. The molecule has 15 nitrogen and oxygen atoms in total. The van der Waals surface area contributed by atoms with Gasteiger partial charge in [-0.15, -0.1) is 0 Å². The number of nitrogens with zero attached hydrogens (tertiary/aromatic N) is 1. The minimum Gasteiger partial charge on any atom is -0.394 e. The second-order valence-corrected chi connectivity index (χ2v) is 9.12. The van der Waals surface area contributed by atoms with E-state index in [0.717, 1.165) is 12.8 Å². The van der Waals surface area contributed by atoms with Crippen LogP contribution in [0.2, 0.25) is 0 Å². The monoisotopic (exact) mass is 542 g/mol. The van der Waals surface area contributed by atoms with Gasteiger partial charge in [0.15, 0.2) is 12.6 Å². The molecule has 0 aromatic heterocycles. The number of hydrogen-bond donors (Lipinski definition) is 9. The summed E-state index contributed by atoms with van der Waals surface area (Å²) in [7, 11) is 0. The van der Waals surface area contributed by atoms with Crippen molar-refractivity contribution in [3.8, 4) is 0 Å². The molecule has 1 amide bonds. The van der Waals surface area contributed by atoms with Gasteiger partial charge in [0, 0.05) is 19.5 Å². The average molecular weight is 543 g/mol. The Hall–Kier alpha value is -1.05. The zero-order chi connectivity index (χ0) is 27.5. The van der Waals surface area contributed by atoms with Gasteiger partial charge in [-0.1, -0.05) is 6.42 Å². The smallest absolute Gasteiger partial charge is 0.222 e. The van der Waals surface area contributed by atoms with Gasteiger partial charge in [-0.2, -0.15) is 0 Å². The lowest BCUT2D eigenvalue weighted by Crippen LogP contribution is -2.59. The molecular formula is C22H42N2O13. The second-order valence-electron chi connectivity index (χ2n) is 9.12. The Morgan fingerprint density at radius 2 is 1.16 bits per heavy atom. The number of hydrogen-bond acceptors (Lipinski definition) is 14. The first kappa shape index (κ1) is 32.2. The van der Waals surface area contributed by atoms with Gasteiger partial charge in [-0.05, 0) is 19.4 Å². The molecule has 10 N–H and O–H groups in total. The van der Waals surface area contributed by atoms with Crippen molar-refractivity contribution in [3.63, 3.8) is 0 Å². The molecule has 2 aliphatic rings. The Labute approximate surface area is 214 Å². The Balaban J connectivity index is 1.92. The fourth-order valence-corrected chi connectivity index (χ4v) is 4.08. The summed E-state index contributed by atoms with van der Waals surface area (Å²) in [5, 5.41) is 78.3. The van der Waals surface area contributed by atoms with Gasteiger partial charge >= 0.3 is 0 Å². The van der Waals surface area contributed by atoms with Crippen LogP contribution in [0.4, 0.5) is 0 Å². The predicted octanol–water partition coefficient (Wildman–Crippen LogP) is -5.03. The zero-order valence-electron chi connectivity index (χ0n) is 20.7. The van der Waals surface area contributed by atoms with Gasteiger partial charge in [0.1, 0.15) is 48.8 Å². The molecule has 0 aliphatic carbocycles. The van der Waals surface area contributed by atoms with Crippen LogP contribution in [-0.4, -0.2) is 159 Å². The Kier molecular flexibility index (Phi) is 14.0. The summed E-state index contributed by atoms with van der Waals surface area (Å²) in [5.41, 5.74) is 5.49. The van der Waals surface area contributed by atoms with Crippen molar-refractivity contribution in [2.75, 3.05) is 46.1 Å². The van der Waals surface area contributed by atoms with E-state index >= 15 is 0 Å². The number of amides is 1. The van der Waals surface area contributed by atoms with E-state index in [-0.39, 0.29) is 38.6 Å². The second kappa shape index (κ2) is 16.1. The molecule has 2 saturated heterocycles. The molecule has 0 unspecified atom stereocenters. The maximum Gasteiger partial charge on any atom is 0.222 e. The third kappa shape index (κ3) is 8.99. The molecule has 218 valence electrons. The maximum atomic E-state index is 12.8. The van der Waals surface area contributed by atoms with Gasteiger partial charge in [0.25, 0.3) is 0 Å². The zero-order valence-corrected chi connectivity index (χ0v) is 20.7. The molecule has 0 bridgehead atoms. The number of rotatable bonds is 15. The van der Waals surface area contributed by atoms with Crippen LogP contribution >= 0.6 is 0 Å². The van der Waals surface area contributed by atoms with Crippen LogP contribution in [0.15, 0.2) is 0 Å². The highest BCUT2D eigenvalue weighted by atomic mass is 16.7. The maximum absolute atomic E-state index is 12.8. The highest BCUT2D eigenvalue weighted by Gasteiger charge is 2.45. The van der Waals surface area contributed by atoms with E-state index in [1.165, 1.54) is 4.90 Å². The summed E-state index contributed by atoms with van der Waals surface area (Å²) in [4.78, 5) is 14.2. The van der Waals surface area contributed by atoms with Gasteiger partial charge in [-0.25, -0.2) is 0 Å². The number of unbranched alkanes of at least 4 members (excludes halogenated alkanes) is 2. The van der Waals surface area contributed by atoms with Crippen LogP contribution in [0.3, 0.4) is 0 Å². The molecule has 0 radical (unpaired) electrons. The third-order valence-electron chi connectivity index (χ3n) is 6.43. The number of ether oxygens (including phenoxy) is 4. The van der Waals surface area contributed by atoms with Crippen LogP contribution in [0.25, 0.3) is 0 Å². The topological polar surface area (TPSA) is 245 Å². The Morgan fingerprint density at radius 3 is 1.57 bits per heavy atom. The number of aliphatic hydroxyl groups excluding tert-OH is 8. The first-order valence-electron chi connectivity index (χ1n) is 12.5. The van der Waals surface area contributed by atoms with E-state index in [1.54, 1.807) is 0 Å². The predicted molar refractivity (Wildman–Crippen MR) is 124 cm³/mol. The van der Waals surface area contributed by atoms with Crippen molar-refractivity contribution in [1.29, 1.82) is 0 Å². The molecule has 0 spiro atoms. The van der Waals surface area contributed by atoms with Crippen molar-refractivity contribution >= 4 is 5.91 Å². The van der Waals surface area contributed by atoms with E-state index in [9.17, 15) is 45.6 Å². The van der Waals surface area contributed by atoms with Crippen LogP contribution in [-0.2, 0) is 23.7 Å². The van der Waals surface area contributed by atoms with E-state index < -0.39 is 74.6 Å². The quantitative estimate of drug-likeness (QED) is 0.0880. The number of carbonyl (C=O) groups excluding carboxylic acids is 1. The highest BCUT2D eigenvalue weighted by molar-refractivity contribution is 5.76. The summed E-state index contributed by atoms with van der Waals surface area (Å²) in [6, 6.07) is 0. The van der Waals surface area contributed by atoms with Crippen molar-refractivity contribution in [1.82, 2.24) is 4.90 Å². The molecule has 2 heterocycles.